The van der Waals surface area contributed by atoms with Gasteiger partial charge in [0.1, 0.15) is 0 Å². The molecule has 2 saturated carbocycles. The predicted octanol–water partition coefficient (Wildman–Crippen LogP) is 5.49. The summed E-state index contributed by atoms with van der Waals surface area (Å²) in [4.78, 5) is 0. The normalized spacial score (nSPS) is 38.1. The van der Waals surface area contributed by atoms with Crippen LogP contribution in [0.15, 0.2) is 54.6 Å². The maximum absolute atomic E-state index is 2.53. The fourth-order valence-corrected chi connectivity index (χ4v) is 6.53. The molecule has 2 fully saturated rings. The van der Waals surface area contributed by atoms with Crippen LogP contribution in [0.1, 0.15) is 36.0 Å². The summed E-state index contributed by atoms with van der Waals surface area (Å²) in [6.45, 7) is 2.25. The second kappa shape index (κ2) is 3.98. The van der Waals surface area contributed by atoms with Crippen LogP contribution in [-0.2, 0) is 5.41 Å². The molecule has 0 radical (unpaired) electrons. The van der Waals surface area contributed by atoms with Crippen LogP contribution in [0, 0.1) is 30.6 Å². The van der Waals surface area contributed by atoms with Crippen molar-refractivity contribution in [2.45, 2.75) is 31.6 Å². The summed E-state index contributed by atoms with van der Waals surface area (Å²) in [7, 11) is 0. The van der Waals surface area contributed by atoms with E-state index in [1.807, 2.05) is 0 Å². The predicted molar refractivity (Wildman–Crippen MR) is 94.3 cm³/mol. The van der Waals surface area contributed by atoms with E-state index in [1.54, 1.807) is 11.1 Å². The quantitative estimate of drug-likeness (QED) is 0.564. The zero-order valence-electron chi connectivity index (χ0n) is 13.6. The van der Waals surface area contributed by atoms with Gasteiger partial charge in [-0.1, -0.05) is 60.2 Å². The third kappa shape index (κ3) is 1.39. The Hall–Kier alpha value is -1.82. The van der Waals surface area contributed by atoms with Crippen molar-refractivity contribution >= 4 is 0 Å². The lowest BCUT2D eigenvalue weighted by Gasteiger charge is -2.29. The third-order valence-corrected chi connectivity index (χ3v) is 7.39. The van der Waals surface area contributed by atoms with Crippen LogP contribution in [0.4, 0.5) is 0 Å². The van der Waals surface area contributed by atoms with Gasteiger partial charge in [0.2, 0.25) is 0 Å². The van der Waals surface area contributed by atoms with Gasteiger partial charge >= 0.3 is 0 Å². The average molecular weight is 298 g/mol. The SMILES string of the molecule is Cc1ccc2c(c1)C1(CC3C4C=CC(C4)C3C1)c1ccccc1-2. The van der Waals surface area contributed by atoms with Crippen LogP contribution >= 0.6 is 0 Å². The molecule has 114 valence electrons. The molecule has 0 amide bonds. The molecule has 0 N–H and O–H groups in total. The van der Waals surface area contributed by atoms with Crippen LogP contribution in [0.5, 0.6) is 0 Å². The number of aryl methyl sites for hydroxylation is 1. The lowest BCUT2D eigenvalue weighted by molar-refractivity contribution is 0.364. The van der Waals surface area contributed by atoms with Gasteiger partial charge in [-0.3, -0.25) is 0 Å². The molecule has 0 aliphatic heterocycles. The Kier molecular flexibility index (Phi) is 2.18. The Labute approximate surface area is 138 Å². The van der Waals surface area contributed by atoms with Crippen molar-refractivity contribution in [1.82, 2.24) is 0 Å². The van der Waals surface area contributed by atoms with Crippen LogP contribution in [0.25, 0.3) is 11.1 Å². The standard InChI is InChI=1S/C23H22/c1-14-6-9-18-17-4-2-3-5-21(17)23(22(18)10-14)12-19-15-7-8-16(11-15)20(19)13-23/h2-10,15-16,19-20H,11-13H2,1H3. The van der Waals surface area contributed by atoms with Crippen molar-refractivity contribution in [2.24, 2.45) is 23.7 Å². The fourth-order valence-electron chi connectivity index (χ4n) is 6.53. The lowest BCUT2D eigenvalue weighted by atomic mass is 9.74. The summed E-state index contributed by atoms with van der Waals surface area (Å²) in [5.41, 5.74) is 7.97. The molecular weight excluding hydrogens is 276 g/mol. The van der Waals surface area contributed by atoms with Gasteiger partial charge in [-0.05, 0) is 72.1 Å². The molecule has 2 aromatic rings. The van der Waals surface area contributed by atoms with E-state index in [-0.39, 0.29) is 0 Å². The monoisotopic (exact) mass is 298 g/mol. The van der Waals surface area contributed by atoms with Gasteiger partial charge in [0.15, 0.2) is 0 Å². The Morgan fingerprint density at radius 3 is 2.30 bits per heavy atom. The maximum atomic E-state index is 2.53. The topological polar surface area (TPSA) is 0 Å². The molecule has 0 aromatic heterocycles. The molecule has 0 heteroatoms. The Morgan fingerprint density at radius 2 is 1.52 bits per heavy atom. The van der Waals surface area contributed by atoms with Gasteiger partial charge in [0.05, 0.1) is 0 Å². The van der Waals surface area contributed by atoms with Crippen molar-refractivity contribution in [3.05, 3.63) is 71.3 Å². The summed E-state index contributed by atoms with van der Waals surface area (Å²) in [6.07, 6.45) is 9.24. The van der Waals surface area contributed by atoms with Crippen LogP contribution < -0.4 is 0 Å². The number of hydrogen-bond donors (Lipinski definition) is 0. The molecular formula is C23H22. The van der Waals surface area contributed by atoms with Crippen molar-refractivity contribution < 1.29 is 0 Å². The number of fused-ring (bicyclic) bond motifs is 10. The molecule has 4 aliphatic carbocycles. The van der Waals surface area contributed by atoms with Crippen molar-refractivity contribution in [2.75, 3.05) is 0 Å². The molecule has 1 spiro atoms. The second-order valence-electron chi connectivity index (χ2n) is 8.36. The highest BCUT2D eigenvalue weighted by atomic mass is 14.6. The molecule has 2 bridgehead atoms. The molecule has 0 heterocycles. The van der Waals surface area contributed by atoms with Crippen LogP contribution in [0.3, 0.4) is 0 Å². The van der Waals surface area contributed by atoms with Gasteiger partial charge in [0.25, 0.3) is 0 Å². The zero-order valence-corrected chi connectivity index (χ0v) is 13.6. The lowest BCUT2D eigenvalue weighted by Crippen LogP contribution is -2.23. The van der Waals surface area contributed by atoms with Crippen molar-refractivity contribution in [3.8, 4) is 11.1 Å². The molecule has 4 aliphatic rings. The zero-order chi connectivity index (χ0) is 15.2. The van der Waals surface area contributed by atoms with E-state index in [0.717, 1.165) is 23.7 Å². The first-order chi connectivity index (χ1) is 11.3. The Balaban J connectivity index is 1.59. The van der Waals surface area contributed by atoms with Gasteiger partial charge < -0.3 is 0 Å². The molecule has 0 saturated heterocycles. The van der Waals surface area contributed by atoms with E-state index in [9.17, 15) is 0 Å². The first kappa shape index (κ1) is 12.6. The largest absolute Gasteiger partial charge is 0.0848 e. The van der Waals surface area contributed by atoms with Gasteiger partial charge in [-0.2, -0.15) is 0 Å². The first-order valence-corrected chi connectivity index (χ1v) is 9.16. The fraction of sp³-hybridized carbons (Fsp3) is 0.391. The number of allylic oxidation sites excluding steroid dienone is 2. The highest BCUT2D eigenvalue weighted by Crippen LogP contribution is 2.66. The molecule has 23 heavy (non-hydrogen) atoms. The summed E-state index contributed by atoms with van der Waals surface area (Å²) in [5.74, 6) is 3.57. The number of benzene rings is 2. The van der Waals surface area contributed by atoms with E-state index < -0.39 is 0 Å². The Bertz CT molecular complexity index is 836. The van der Waals surface area contributed by atoms with Crippen LogP contribution in [-0.4, -0.2) is 0 Å². The summed E-state index contributed by atoms with van der Waals surface area (Å²) in [6, 6.07) is 16.4. The highest BCUT2D eigenvalue weighted by molar-refractivity contribution is 5.81. The molecule has 2 aromatic carbocycles. The van der Waals surface area contributed by atoms with E-state index in [2.05, 4.69) is 61.5 Å². The van der Waals surface area contributed by atoms with E-state index in [1.165, 1.54) is 36.0 Å². The maximum Gasteiger partial charge on any atom is 0.0221 e. The van der Waals surface area contributed by atoms with Crippen molar-refractivity contribution in [1.29, 1.82) is 0 Å². The molecule has 4 atom stereocenters. The minimum absolute atomic E-state index is 0.302. The van der Waals surface area contributed by atoms with Gasteiger partial charge in [-0.15, -0.1) is 0 Å². The minimum atomic E-state index is 0.302. The average Bonchev–Trinajstić information content (AvgIpc) is 3.30. The molecule has 0 nitrogen and oxygen atoms in total. The Morgan fingerprint density at radius 1 is 0.826 bits per heavy atom. The van der Waals surface area contributed by atoms with E-state index in [0.29, 0.717) is 5.41 Å². The first-order valence-electron chi connectivity index (χ1n) is 9.16. The molecule has 4 unspecified atom stereocenters. The van der Waals surface area contributed by atoms with Crippen molar-refractivity contribution in [3.63, 3.8) is 0 Å². The van der Waals surface area contributed by atoms with Gasteiger partial charge in [0, 0.05) is 5.41 Å². The number of rotatable bonds is 0. The second-order valence-corrected chi connectivity index (χ2v) is 8.36. The highest BCUT2D eigenvalue weighted by Gasteiger charge is 2.58. The summed E-state index contributed by atoms with van der Waals surface area (Å²) in [5, 5.41) is 0. The van der Waals surface area contributed by atoms with E-state index in [4.69, 9.17) is 0 Å². The third-order valence-electron chi connectivity index (χ3n) is 7.39. The minimum Gasteiger partial charge on any atom is -0.0848 e. The molecule has 6 rings (SSSR count). The van der Waals surface area contributed by atoms with E-state index >= 15 is 0 Å². The number of hydrogen-bond acceptors (Lipinski definition) is 0. The van der Waals surface area contributed by atoms with Crippen LogP contribution in [0.2, 0.25) is 0 Å². The summed E-state index contributed by atoms with van der Waals surface area (Å²) >= 11 is 0. The summed E-state index contributed by atoms with van der Waals surface area (Å²) < 4.78 is 0. The smallest absolute Gasteiger partial charge is 0.0221 e. The van der Waals surface area contributed by atoms with Gasteiger partial charge in [-0.25, -0.2) is 0 Å².